The van der Waals surface area contributed by atoms with Crippen LogP contribution in [0.2, 0.25) is 0 Å². The predicted molar refractivity (Wildman–Crippen MR) is 134 cm³/mol. The maximum atomic E-state index is 14.0. The lowest BCUT2D eigenvalue weighted by molar-refractivity contribution is -0.514. The topological polar surface area (TPSA) is 54.0 Å². The van der Waals surface area contributed by atoms with Gasteiger partial charge in [0.1, 0.15) is 5.75 Å². The van der Waals surface area contributed by atoms with Crippen molar-refractivity contribution in [3.63, 3.8) is 0 Å². The molecule has 0 saturated heterocycles. The second-order valence-electron chi connectivity index (χ2n) is 8.53. The molecule has 0 radical (unpaired) electrons. The third kappa shape index (κ3) is 8.97. The molecule has 0 amide bonds. The van der Waals surface area contributed by atoms with Crippen LogP contribution in [0.5, 0.6) is 5.75 Å². The summed E-state index contributed by atoms with van der Waals surface area (Å²) < 4.78 is 99.4. The summed E-state index contributed by atoms with van der Waals surface area (Å²) in [6.07, 6.45) is -16.6. The fourth-order valence-corrected chi connectivity index (χ4v) is 4.60. The second-order valence-corrected chi connectivity index (χ2v) is 9.61. The highest BCUT2D eigenvalue weighted by molar-refractivity contribution is 7.22. The number of carbonyl (C=O) groups excluding carboxylic acids is 1. The van der Waals surface area contributed by atoms with Gasteiger partial charge in [0.2, 0.25) is 0 Å². The summed E-state index contributed by atoms with van der Waals surface area (Å²) in [6.45, 7) is 4.75. The number of hydrogen-bond donors (Lipinski definition) is 0. The molecule has 1 heterocycles. The lowest BCUT2D eigenvalue weighted by atomic mass is 10.0. The molecule has 12 heteroatoms. The van der Waals surface area contributed by atoms with Gasteiger partial charge in [0.15, 0.2) is 0 Å². The smallest absolute Gasteiger partial charge is 0.493 e. The number of halogens is 6. The number of rotatable bonds is 14. The molecule has 0 aliphatic rings. The third-order valence-electron chi connectivity index (χ3n) is 5.33. The number of carbonyl (C=O) groups is 1. The van der Waals surface area contributed by atoms with E-state index in [4.69, 9.17) is 4.74 Å². The number of benzene rings is 2. The van der Waals surface area contributed by atoms with E-state index in [1.54, 1.807) is 18.2 Å². The molecular weight excluding hydrogens is 550 g/mol. The Balaban J connectivity index is 1.54. The Hall–Kier alpha value is -3.09. The van der Waals surface area contributed by atoms with Crippen LogP contribution in [0.4, 0.5) is 26.3 Å². The van der Waals surface area contributed by atoms with E-state index in [2.05, 4.69) is 27.7 Å². The fraction of sp³-hybridized carbons (Fsp3) is 0.370. The van der Waals surface area contributed by atoms with Crippen molar-refractivity contribution in [3.05, 3.63) is 66.2 Å². The molecule has 0 aliphatic carbocycles. The molecule has 0 unspecified atom stereocenters. The molecule has 3 rings (SSSR count). The number of aryl methyl sites for hydroxylation is 1. The number of ether oxygens (including phenoxy) is 4. The van der Waals surface area contributed by atoms with E-state index in [9.17, 15) is 31.1 Å². The summed E-state index contributed by atoms with van der Waals surface area (Å²) >= 11 is 1.48. The molecule has 3 aromatic rings. The minimum Gasteiger partial charge on any atom is -0.493 e. The van der Waals surface area contributed by atoms with Crippen molar-refractivity contribution in [1.29, 1.82) is 0 Å². The van der Waals surface area contributed by atoms with Gasteiger partial charge in [-0.15, -0.1) is 20.1 Å². The van der Waals surface area contributed by atoms with Gasteiger partial charge in [0.25, 0.3) is 0 Å². The van der Waals surface area contributed by atoms with E-state index in [-0.39, 0.29) is 11.3 Å². The SMILES string of the molecule is C=C(C)C(=O)OCCC(F)(F)OC(F)(F)OC(F)(F)CCOc1ccc2cc(-c3ccccc3CC)sc2c1. The number of alkyl halides is 6. The normalized spacial score (nSPS) is 12.5. The van der Waals surface area contributed by atoms with Gasteiger partial charge in [-0.25, -0.2) is 14.3 Å². The van der Waals surface area contributed by atoms with Gasteiger partial charge in [0, 0.05) is 15.2 Å². The Bertz CT molecular complexity index is 1310. The molecule has 212 valence electrons. The van der Waals surface area contributed by atoms with Crippen LogP contribution < -0.4 is 4.74 Å². The fourth-order valence-electron chi connectivity index (χ4n) is 3.45. The second kappa shape index (κ2) is 12.4. The van der Waals surface area contributed by atoms with Crippen LogP contribution in [0, 0.1) is 0 Å². The number of hydrogen-bond acceptors (Lipinski definition) is 6. The van der Waals surface area contributed by atoms with Crippen molar-refractivity contribution in [3.8, 4) is 16.2 Å². The van der Waals surface area contributed by atoms with Crippen LogP contribution in [0.1, 0.15) is 32.3 Å². The summed E-state index contributed by atoms with van der Waals surface area (Å²) in [7, 11) is 0. The highest BCUT2D eigenvalue weighted by atomic mass is 32.1. The van der Waals surface area contributed by atoms with Crippen molar-refractivity contribution in [2.45, 2.75) is 51.6 Å². The Morgan fingerprint density at radius 3 is 2.21 bits per heavy atom. The maximum absolute atomic E-state index is 14.0. The predicted octanol–water partition coefficient (Wildman–Crippen LogP) is 8.18. The zero-order valence-electron chi connectivity index (χ0n) is 21.1. The largest absolute Gasteiger partial charge is 0.494 e. The molecule has 0 atom stereocenters. The minimum absolute atomic E-state index is 0.104. The van der Waals surface area contributed by atoms with Gasteiger partial charge in [-0.2, -0.15) is 17.6 Å². The van der Waals surface area contributed by atoms with E-state index in [0.717, 1.165) is 26.9 Å². The monoisotopic (exact) mass is 576 g/mol. The molecule has 0 aliphatic heterocycles. The van der Waals surface area contributed by atoms with Crippen molar-refractivity contribution in [2.75, 3.05) is 13.2 Å². The first-order valence-corrected chi connectivity index (χ1v) is 12.6. The zero-order valence-corrected chi connectivity index (χ0v) is 21.9. The van der Waals surface area contributed by atoms with Gasteiger partial charge in [-0.3, -0.25) is 0 Å². The summed E-state index contributed by atoms with van der Waals surface area (Å²) in [6, 6.07) is 14.9. The third-order valence-corrected chi connectivity index (χ3v) is 6.46. The van der Waals surface area contributed by atoms with Crippen LogP contribution in [0.15, 0.2) is 60.7 Å². The van der Waals surface area contributed by atoms with Gasteiger partial charge in [-0.05, 0) is 54.1 Å². The van der Waals surface area contributed by atoms with E-state index < -0.39 is 50.5 Å². The Morgan fingerprint density at radius 1 is 0.923 bits per heavy atom. The first kappa shape index (κ1) is 30.5. The first-order chi connectivity index (χ1) is 18.2. The van der Waals surface area contributed by atoms with Crippen LogP contribution >= 0.6 is 11.3 Å². The standard InChI is InChI=1S/C27H26F6O5S/c1-4-18-7-5-6-8-21(18)23-15-19-9-10-20(16-22(19)39-23)35-13-11-25(28,29)37-27(32,33)38-26(30,31)12-14-36-24(34)17(2)3/h5-10,15-16H,2,4,11-14H2,1,3H3. The zero-order chi connectivity index (χ0) is 28.8. The Kier molecular flexibility index (Phi) is 9.68. The van der Waals surface area contributed by atoms with Crippen molar-refractivity contribution in [2.24, 2.45) is 0 Å². The molecule has 0 spiro atoms. The summed E-state index contributed by atoms with van der Waals surface area (Å²) in [5, 5.41) is 0.911. The van der Waals surface area contributed by atoms with Gasteiger partial charge in [-0.1, -0.05) is 37.8 Å². The molecule has 39 heavy (non-hydrogen) atoms. The Morgan fingerprint density at radius 2 is 1.56 bits per heavy atom. The van der Waals surface area contributed by atoms with E-state index >= 15 is 0 Å². The summed E-state index contributed by atoms with van der Waals surface area (Å²) in [5.41, 5.74) is 2.15. The lowest BCUT2D eigenvalue weighted by Crippen LogP contribution is -2.41. The number of thiophene rings is 1. The average molecular weight is 577 g/mol. The van der Waals surface area contributed by atoms with Gasteiger partial charge < -0.3 is 9.47 Å². The van der Waals surface area contributed by atoms with Crippen LogP contribution in [0.25, 0.3) is 20.5 Å². The lowest BCUT2D eigenvalue weighted by Gasteiger charge is -2.26. The molecule has 0 fully saturated rings. The minimum atomic E-state index is -5.34. The molecule has 5 nitrogen and oxygen atoms in total. The van der Waals surface area contributed by atoms with Crippen molar-refractivity contribution in [1.82, 2.24) is 0 Å². The van der Waals surface area contributed by atoms with E-state index in [0.29, 0.717) is 0 Å². The van der Waals surface area contributed by atoms with Crippen LogP contribution in [0.3, 0.4) is 0 Å². The summed E-state index contributed by atoms with van der Waals surface area (Å²) in [5.74, 6) is -0.810. The Labute approximate surface area is 224 Å². The maximum Gasteiger partial charge on any atom is 0.494 e. The van der Waals surface area contributed by atoms with Crippen molar-refractivity contribution < 1.29 is 50.1 Å². The quantitative estimate of drug-likeness (QED) is 0.0839. The highest BCUT2D eigenvalue weighted by Gasteiger charge is 2.52. The van der Waals surface area contributed by atoms with E-state index in [1.165, 1.54) is 23.8 Å². The molecule has 0 bridgehead atoms. The molecule has 0 saturated carbocycles. The van der Waals surface area contributed by atoms with E-state index in [1.807, 2.05) is 30.3 Å². The molecule has 0 N–H and O–H groups in total. The number of fused-ring (bicyclic) bond motifs is 1. The molecule has 2 aromatic carbocycles. The van der Waals surface area contributed by atoms with Gasteiger partial charge >= 0.3 is 24.5 Å². The molecular formula is C27H26F6O5S. The van der Waals surface area contributed by atoms with Crippen LogP contribution in [-0.4, -0.2) is 37.7 Å². The average Bonchev–Trinajstić information content (AvgIpc) is 3.25. The first-order valence-electron chi connectivity index (χ1n) is 11.8. The van der Waals surface area contributed by atoms with Crippen LogP contribution in [-0.2, 0) is 25.4 Å². The summed E-state index contributed by atoms with van der Waals surface area (Å²) in [4.78, 5) is 12.2. The number of esters is 1. The highest BCUT2D eigenvalue weighted by Crippen LogP contribution is 2.38. The molecule has 1 aromatic heterocycles. The van der Waals surface area contributed by atoms with Crippen molar-refractivity contribution >= 4 is 27.4 Å². The van der Waals surface area contributed by atoms with Gasteiger partial charge in [0.05, 0.1) is 26.1 Å².